The standard InChI is InChI=1S/C11H21N3O/c1-9(2)12-7-11-8-13-10(3)14(11)5-6-15-4/h8-9,12H,5-7H2,1-4H3. The van der Waals surface area contributed by atoms with Crippen LogP contribution in [0.25, 0.3) is 0 Å². The van der Waals surface area contributed by atoms with Gasteiger partial charge in [0, 0.05) is 32.4 Å². The van der Waals surface area contributed by atoms with Crippen molar-refractivity contribution in [2.24, 2.45) is 0 Å². The lowest BCUT2D eigenvalue weighted by atomic mass is 10.3. The van der Waals surface area contributed by atoms with Gasteiger partial charge in [-0.2, -0.15) is 0 Å². The SMILES string of the molecule is COCCn1c(CNC(C)C)cnc1C. The second-order valence-corrected chi connectivity index (χ2v) is 3.98. The average Bonchev–Trinajstić information content (AvgIpc) is 2.53. The van der Waals surface area contributed by atoms with Crippen LogP contribution in [-0.4, -0.2) is 29.3 Å². The fraction of sp³-hybridized carbons (Fsp3) is 0.727. The molecular weight excluding hydrogens is 190 g/mol. The number of hydrogen-bond acceptors (Lipinski definition) is 3. The Kier molecular flexibility index (Phi) is 4.78. The summed E-state index contributed by atoms with van der Waals surface area (Å²) < 4.78 is 7.28. The maximum Gasteiger partial charge on any atom is 0.105 e. The minimum Gasteiger partial charge on any atom is -0.383 e. The van der Waals surface area contributed by atoms with Crippen LogP contribution in [0, 0.1) is 6.92 Å². The van der Waals surface area contributed by atoms with Crippen molar-refractivity contribution in [1.29, 1.82) is 0 Å². The van der Waals surface area contributed by atoms with E-state index in [0.29, 0.717) is 6.04 Å². The molecule has 0 saturated carbocycles. The summed E-state index contributed by atoms with van der Waals surface area (Å²) in [5.74, 6) is 1.05. The normalized spacial score (nSPS) is 11.3. The van der Waals surface area contributed by atoms with E-state index in [2.05, 4.69) is 28.7 Å². The minimum absolute atomic E-state index is 0.496. The molecule has 0 fully saturated rings. The van der Waals surface area contributed by atoms with E-state index in [1.54, 1.807) is 7.11 Å². The molecule has 0 unspecified atom stereocenters. The summed E-state index contributed by atoms with van der Waals surface area (Å²) in [5.41, 5.74) is 1.22. The van der Waals surface area contributed by atoms with E-state index in [9.17, 15) is 0 Å². The summed E-state index contributed by atoms with van der Waals surface area (Å²) in [7, 11) is 1.72. The van der Waals surface area contributed by atoms with Crippen molar-refractivity contribution in [1.82, 2.24) is 14.9 Å². The number of methoxy groups -OCH3 is 1. The molecule has 0 bridgehead atoms. The number of aryl methyl sites for hydroxylation is 1. The lowest BCUT2D eigenvalue weighted by Crippen LogP contribution is -2.24. The number of aromatic nitrogens is 2. The van der Waals surface area contributed by atoms with Gasteiger partial charge in [0.1, 0.15) is 5.82 Å². The third-order valence-electron chi connectivity index (χ3n) is 2.35. The van der Waals surface area contributed by atoms with Crippen LogP contribution < -0.4 is 5.32 Å². The largest absolute Gasteiger partial charge is 0.383 e. The van der Waals surface area contributed by atoms with Crippen LogP contribution in [0.2, 0.25) is 0 Å². The Morgan fingerprint density at radius 1 is 1.53 bits per heavy atom. The lowest BCUT2D eigenvalue weighted by Gasteiger charge is -2.12. The minimum atomic E-state index is 0.496. The van der Waals surface area contributed by atoms with Gasteiger partial charge in [0.15, 0.2) is 0 Å². The van der Waals surface area contributed by atoms with Crippen LogP contribution in [0.15, 0.2) is 6.20 Å². The molecule has 15 heavy (non-hydrogen) atoms. The van der Waals surface area contributed by atoms with E-state index in [1.165, 1.54) is 5.69 Å². The summed E-state index contributed by atoms with van der Waals surface area (Å²) in [6.45, 7) is 8.77. The zero-order valence-corrected chi connectivity index (χ0v) is 10.1. The highest BCUT2D eigenvalue weighted by Crippen LogP contribution is 2.04. The molecule has 0 aliphatic rings. The number of nitrogens with zero attached hydrogens (tertiary/aromatic N) is 2. The summed E-state index contributed by atoms with van der Waals surface area (Å²) in [4.78, 5) is 4.31. The Bertz CT molecular complexity index is 294. The van der Waals surface area contributed by atoms with Crippen molar-refractivity contribution in [2.75, 3.05) is 13.7 Å². The number of rotatable bonds is 6. The Morgan fingerprint density at radius 3 is 2.87 bits per heavy atom. The number of hydrogen-bond donors (Lipinski definition) is 1. The molecule has 1 heterocycles. The molecule has 0 aliphatic heterocycles. The smallest absolute Gasteiger partial charge is 0.105 e. The summed E-state index contributed by atoms with van der Waals surface area (Å²) in [6.07, 6.45) is 1.93. The van der Waals surface area contributed by atoms with Gasteiger partial charge in [-0.15, -0.1) is 0 Å². The van der Waals surface area contributed by atoms with Gasteiger partial charge < -0.3 is 14.6 Å². The number of imidazole rings is 1. The van der Waals surface area contributed by atoms with E-state index < -0.39 is 0 Å². The van der Waals surface area contributed by atoms with Gasteiger partial charge in [-0.1, -0.05) is 13.8 Å². The molecule has 4 nitrogen and oxygen atoms in total. The molecule has 1 N–H and O–H groups in total. The van der Waals surface area contributed by atoms with Crippen molar-refractivity contribution in [3.05, 3.63) is 17.7 Å². The van der Waals surface area contributed by atoms with Gasteiger partial charge >= 0.3 is 0 Å². The Morgan fingerprint density at radius 2 is 2.27 bits per heavy atom. The first-order valence-electron chi connectivity index (χ1n) is 5.38. The summed E-state index contributed by atoms with van der Waals surface area (Å²) in [5, 5.41) is 3.39. The topological polar surface area (TPSA) is 39.1 Å². The number of ether oxygens (including phenoxy) is 1. The first-order valence-corrected chi connectivity index (χ1v) is 5.38. The van der Waals surface area contributed by atoms with Crippen molar-refractivity contribution < 1.29 is 4.74 Å². The average molecular weight is 211 g/mol. The van der Waals surface area contributed by atoms with E-state index in [-0.39, 0.29) is 0 Å². The maximum absolute atomic E-state index is 5.08. The van der Waals surface area contributed by atoms with Crippen LogP contribution in [0.3, 0.4) is 0 Å². The molecular formula is C11H21N3O. The van der Waals surface area contributed by atoms with Crippen molar-refractivity contribution in [3.63, 3.8) is 0 Å². The fourth-order valence-corrected chi connectivity index (χ4v) is 1.45. The van der Waals surface area contributed by atoms with Gasteiger partial charge in [0.25, 0.3) is 0 Å². The molecule has 0 amide bonds. The molecule has 0 radical (unpaired) electrons. The van der Waals surface area contributed by atoms with E-state index in [0.717, 1.165) is 25.5 Å². The van der Waals surface area contributed by atoms with Crippen molar-refractivity contribution >= 4 is 0 Å². The lowest BCUT2D eigenvalue weighted by molar-refractivity contribution is 0.185. The first-order chi connectivity index (χ1) is 7.15. The molecule has 0 saturated heterocycles. The van der Waals surface area contributed by atoms with E-state index in [1.807, 2.05) is 13.1 Å². The van der Waals surface area contributed by atoms with Gasteiger partial charge in [-0.25, -0.2) is 4.98 Å². The molecule has 0 atom stereocenters. The van der Waals surface area contributed by atoms with Crippen LogP contribution in [-0.2, 0) is 17.8 Å². The highest BCUT2D eigenvalue weighted by molar-refractivity contribution is 5.04. The van der Waals surface area contributed by atoms with Gasteiger partial charge in [-0.3, -0.25) is 0 Å². The van der Waals surface area contributed by atoms with Crippen molar-refractivity contribution in [3.8, 4) is 0 Å². The van der Waals surface area contributed by atoms with Crippen LogP contribution >= 0.6 is 0 Å². The second kappa shape index (κ2) is 5.88. The van der Waals surface area contributed by atoms with Gasteiger partial charge in [0.05, 0.1) is 12.3 Å². The van der Waals surface area contributed by atoms with Crippen molar-refractivity contribution in [2.45, 2.75) is 39.9 Å². The Balaban J connectivity index is 2.61. The second-order valence-electron chi connectivity index (χ2n) is 3.98. The number of nitrogens with one attached hydrogen (secondary N) is 1. The quantitative estimate of drug-likeness (QED) is 0.771. The molecule has 1 aromatic rings. The predicted octanol–water partition coefficient (Wildman–Crippen LogP) is 1.34. The van der Waals surface area contributed by atoms with Gasteiger partial charge in [0.2, 0.25) is 0 Å². The first kappa shape index (κ1) is 12.2. The molecule has 1 rings (SSSR count). The molecule has 1 aromatic heterocycles. The third kappa shape index (κ3) is 3.64. The molecule has 0 spiro atoms. The Labute approximate surface area is 91.7 Å². The van der Waals surface area contributed by atoms with Crippen LogP contribution in [0.4, 0.5) is 0 Å². The molecule has 0 aliphatic carbocycles. The fourth-order valence-electron chi connectivity index (χ4n) is 1.45. The molecule has 86 valence electrons. The monoisotopic (exact) mass is 211 g/mol. The third-order valence-corrected chi connectivity index (χ3v) is 2.35. The van der Waals surface area contributed by atoms with E-state index in [4.69, 9.17) is 4.74 Å². The maximum atomic E-state index is 5.08. The summed E-state index contributed by atoms with van der Waals surface area (Å²) in [6, 6.07) is 0.496. The van der Waals surface area contributed by atoms with Crippen LogP contribution in [0.1, 0.15) is 25.4 Å². The Hall–Kier alpha value is -0.870. The van der Waals surface area contributed by atoms with Crippen LogP contribution in [0.5, 0.6) is 0 Å². The predicted molar refractivity (Wildman–Crippen MR) is 60.8 cm³/mol. The highest BCUT2D eigenvalue weighted by atomic mass is 16.5. The van der Waals surface area contributed by atoms with Gasteiger partial charge in [-0.05, 0) is 6.92 Å². The summed E-state index contributed by atoms with van der Waals surface area (Å²) >= 11 is 0. The zero-order valence-electron chi connectivity index (χ0n) is 10.1. The van der Waals surface area contributed by atoms with E-state index >= 15 is 0 Å². The molecule has 0 aromatic carbocycles. The molecule has 4 heteroatoms. The zero-order chi connectivity index (χ0) is 11.3. The highest BCUT2D eigenvalue weighted by Gasteiger charge is 2.06.